The van der Waals surface area contributed by atoms with Crippen LogP contribution in [0.2, 0.25) is 0 Å². The first kappa shape index (κ1) is 10.0. The maximum absolute atomic E-state index is 11.0. The van der Waals surface area contributed by atoms with Gasteiger partial charge in [0.2, 0.25) is 11.8 Å². The Bertz CT molecular complexity index is 388. The fourth-order valence-electron chi connectivity index (χ4n) is 1.07. The molecule has 0 radical (unpaired) electrons. The van der Waals surface area contributed by atoms with Gasteiger partial charge in [0.15, 0.2) is 0 Å². The zero-order valence-electron chi connectivity index (χ0n) is 7.61. The topological polar surface area (TPSA) is 95.4 Å². The molecule has 0 unspecified atom stereocenters. The Balaban J connectivity index is 3.31. The van der Waals surface area contributed by atoms with Crippen molar-refractivity contribution in [3.63, 3.8) is 0 Å². The molecule has 0 fully saturated rings. The molecule has 0 saturated carbocycles. The van der Waals surface area contributed by atoms with Crippen LogP contribution >= 0.6 is 0 Å². The SMILES string of the molecule is COc1ccc(C(N)=O)c(C(N)=O)c1. The predicted molar refractivity (Wildman–Crippen MR) is 50.0 cm³/mol. The van der Waals surface area contributed by atoms with Gasteiger partial charge in [0.05, 0.1) is 18.2 Å². The van der Waals surface area contributed by atoms with Gasteiger partial charge in [-0.15, -0.1) is 0 Å². The van der Waals surface area contributed by atoms with Gasteiger partial charge in [0.1, 0.15) is 5.75 Å². The summed E-state index contributed by atoms with van der Waals surface area (Å²) in [6.45, 7) is 0. The van der Waals surface area contributed by atoms with Crippen LogP contribution in [0.15, 0.2) is 18.2 Å². The number of ether oxygens (including phenoxy) is 1. The monoisotopic (exact) mass is 194 g/mol. The van der Waals surface area contributed by atoms with Gasteiger partial charge in [-0.1, -0.05) is 0 Å². The maximum Gasteiger partial charge on any atom is 0.249 e. The van der Waals surface area contributed by atoms with Crippen LogP contribution in [-0.4, -0.2) is 18.9 Å². The minimum atomic E-state index is -0.710. The summed E-state index contributed by atoms with van der Waals surface area (Å²) in [5, 5.41) is 0. The van der Waals surface area contributed by atoms with E-state index in [1.54, 1.807) is 0 Å². The highest BCUT2D eigenvalue weighted by Crippen LogP contribution is 2.16. The highest BCUT2D eigenvalue weighted by atomic mass is 16.5. The molecule has 0 bridgehead atoms. The van der Waals surface area contributed by atoms with Crippen LogP contribution in [0.1, 0.15) is 20.7 Å². The van der Waals surface area contributed by atoms with E-state index in [1.165, 1.54) is 25.3 Å². The first-order chi connectivity index (χ1) is 6.56. The van der Waals surface area contributed by atoms with Gasteiger partial charge in [-0.05, 0) is 18.2 Å². The van der Waals surface area contributed by atoms with E-state index in [1.807, 2.05) is 0 Å². The van der Waals surface area contributed by atoms with Crippen molar-refractivity contribution in [1.29, 1.82) is 0 Å². The molecule has 0 heterocycles. The zero-order chi connectivity index (χ0) is 10.7. The summed E-state index contributed by atoms with van der Waals surface area (Å²) in [5.41, 5.74) is 10.3. The van der Waals surface area contributed by atoms with Gasteiger partial charge in [0.25, 0.3) is 0 Å². The number of benzene rings is 1. The molecule has 2 amide bonds. The van der Waals surface area contributed by atoms with Crippen LogP contribution in [0, 0.1) is 0 Å². The summed E-state index contributed by atoms with van der Waals surface area (Å²) in [7, 11) is 1.45. The lowest BCUT2D eigenvalue weighted by atomic mass is 10.1. The van der Waals surface area contributed by atoms with Crippen LogP contribution in [0.5, 0.6) is 5.75 Å². The number of hydrogen-bond acceptors (Lipinski definition) is 3. The van der Waals surface area contributed by atoms with Crippen LogP contribution in [0.4, 0.5) is 0 Å². The van der Waals surface area contributed by atoms with Crippen LogP contribution in [0.3, 0.4) is 0 Å². The Morgan fingerprint density at radius 1 is 1.14 bits per heavy atom. The van der Waals surface area contributed by atoms with E-state index in [-0.39, 0.29) is 11.1 Å². The minimum Gasteiger partial charge on any atom is -0.497 e. The van der Waals surface area contributed by atoms with Gasteiger partial charge >= 0.3 is 0 Å². The van der Waals surface area contributed by atoms with Gasteiger partial charge in [0, 0.05) is 0 Å². The van der Waals surface area contributed by atoms with E-state index in [9.17, 15) is 9.59 Å². The molecule has 0 spiro atoms. The minimum absolute atomic E-state index is 0.0665. The maximum atomic E-state index is 11.0. The number of carbonyl (C=O) groups excluding carboxylic acids is 2. The van der Waals surface area contributed by atoms with Crippen molar-refractivity contribution in [3.8, 4) is 5.75 Å². The van der Waals surface area contributed by atoms with Crippen molar-refractivity contribution in [3.05, 3.63) is 29.3 Å². The molecular weight excluding hydrogens is 184 g/mol. The molecule has 0 saturated heterocycles. The second-order valence-electron chi connectivity index (χ2n) is 2.64. The van der Waals surface area contributed by atoms with Crippen LogP contribution < -0.4 is 16.2 Å². The summed E-state index contributed by atoms with van der Waals surface area (Å²) >= 11 is 0. The number of hydrogen-bond donors (Lipinski definition) is 2. The van der Waals surface area contributed by atoms with Crippen LogP contribution in [-0.2, 0) is 0 Å². The zero-order valence-corrected chi connectivity index (χ0v) is 7.61. The summed E-state index contributed by atoms with van der Waals surface area (Å²) < 4.78 is 4.88. The molecule has 5 nitrogen and oxygen atoms in total. The standard InChI is InChI=1S/C9H10N2O3/c1-14-5-2-3-6(8(10)12)7(4-5)9(11)13/h2-4H,1H3,(H2,10,12)(H2,11,13). The van der Waals surface area contributed by atoms with Gasteiger partial charge in [-0.2, -0.15) is 0 Å². The third-order valence-electron chi connectivity index (χ3n) is 1.76. The number of methoxy groups -OCH3 is 1. The van der Waals surface area contributed by atoms with Crippen molar-refractivity contribution < 1.29 is 14.3 Å². The second kappa shape index (κ2) is 3.78. The summed E-state index contributed by atoms with van der Waals surface area (Å²) in [4.78, 5) is 21.9. The van der Waals surface area contributed by atoms with E-state index >= 15 is 0 Å². The van der Waals surface area contributed by atoms with E-state index in [0.717, 1.165) is 0 Å². The van der Waals surface area contributed by atoms with Crippen molar-refractivity contribution in [2.24, 2.45) is 11.5 Å². The molecule has 0 atom stereocenters. The molecule has 5 heteroatoms. The molecule has 1 aromatic carbocycles. The average Bonchev–Trinajstić information content (AvgIpc) is 2.16. The van der Waals surface area contributed by atoms with Crippen molar-refractivity contribution in [1.82, 2.24) is 0 Å². The number of primary amides is 2. The smallest absolute Gasteiger partial charge is 0.249 e. The Morgan fingerprint density at radius 2 is 1.71 bits per heavy atom. The lowest BCUT2D eigenvalue weighted by molar-refractivity contribution is 0.0967. The molecule has 1 aromatic rings. The van der Waals surface area contributed by atoms with Crippen molar-refractivity contribution >= 4 is 11.8 Å². The first-order valence-electron chi connectivity index (χ1n) is 3.84. The van der Waals surface area contributed by atoms with Gasteiger partial charge < -0.3 is 16.2 Å². The molecular formula is C9H10N2O3. The highest BCUT2D eigenvalue weighted by molar-refractivity contribution is 6.06. The van der Waals surface area contributed by atoms with Crippen molar-refractivity contribution in [2.45, 2.75) is 0 Å². The predicted octanol–water partition coefficient (Wildman–Crippen LogP) is -0.107. The summed E-state index contributed by atoms with van der Waals surface area (Å²) in [6, 6.07) is 4.32. The van der Waals surface area contributed by atoms with Crippen molar-refractivity contribution in [2.75, 3.05) is 7.11 Å². The fraction of sp³-hybridized carbons (Fsp3) is 0.111. The fourth-order valence-corrected chi connectivity index (χ4v) is 1.07. The van der Waals surface area contributed by atoms with Crippen LogP contribution in [0.25, 0.3) is 0 Å². The van der Waals surface area contributed by atoms with E-state index < -0.39 is 11.8 Å². The molecule has 0 aliphatic carbocycles. The Labute approximate surface area is 80.6 Å². The molecule has 74 valence electrons. The molecule has 1 rings (SSSR count). The number of rotatable bonds is 3. The quantitative estimate of drug-likeness (QED) is 0.702. The molecule has 0 aliphatic heterocycles. The molecule has 4 N–H and O–H groups in total. The highest BCUT2D eigenvalue weighted by Gasteiger charge is 2.13. The first-order valence-corrected chi connectivity index (χ1v) is 3.84. The number of carbonyl (C=O) groups is 2. The lowest BCUT2D eigenvalue weighted by Gasteiger charge is -2.05. The Hall–Kier alpha value is -2.04. The third kappa shape index (κ3) is 1.82. The lowest BCUT2D eigenvalue weighted by Crippen LogP contribution is -2.20. The average molecular weight is 194 g/mol. The second-order valence-corrected chi connectivity index (χ2v) is 2.64. The molecule has 0 aromatic heterocycles. The summed E-state index contributed by atoms with van der Waals surface area (Å²) in [5.74, 6) is -0.956. The third-order valence-corrected chi connectivity index (χ3v) is 1.76. The van der Waals surface area contributed by atoms with E-state index in [2.05, 4.69) is 0 Å². The van der Waals surface area contributed by atoms with E-state index in [0.29, 0.717) is 5.75 Å². The van der Waals surface area contributed by atoms with E-state index in [4.69, 9.17) is 16.2 Å². The Morgan fingerprint density at radius 3 is 2.14 bits per heavy atom. The Kier molecular flexibility index (Phi) is 2.71. The normalized spacial score (nSPS) is 9.50. The largest absolute Gasteiger partial charge is 0.497 e. The van der Waals surface area contributed by atoms with Gasteiger partial charge in [-0.25, -0.2) is 0 Å². The summed E-state index contributed by atoms with van der Waals surface area (Å²) in [6.07, 6.45) is 0. The number of nitrogens with two attached hydrogens (primary N) is 2. The molecule has 14 heavy (non-hydrogen) atoms. The number of amides is 2. The van der Waals surface area contributed by atoms with Gasteiger partial charge in [-0.3, -0.25) is 9.59 Å². The molecule has 0 aliphatic rings.